The minimum absolute atomic E-state index is 0.341. The standard InChI is InChI=1S/C10H7F5N4O/c11-9(12)20-7-3-1-2-6(18-7)19-8(10(13,14)15)5(16)4-17-19/h1-4,9H,16H2. The number of nitrogen functional groups attached to an aromatic ring is 1. The van der Waals surface area contributed by atoms with Gasteiger partial charge in [-0.3, -0.25) is 0 Å². The first-order chi connectivity index (χ1) is 9.29. The van der Waals surface area contributed by atoms with E-state index in [9.17, 15) is 22.0 Å². The molecule has 0 aromatic carbocycles. The Morgan fingerprint density at radius 1 is 1.25 bits per heavy atom. The lowest BCUT2D eigenvalue weighted by molar-refractivity contribution is -0.142. The maximum absolute atomic E-state index is 12.8. The monoisotopic (exact) mass is 294 g/mol. The van der Waals surface area contributed by atoms with Gasteiger partial charge in [-0.1, -0.05) is 6.07 Å². The predicted molar refractivity (Wildman–Crippen MR) is 57.4 cm³/mol. The van der Waals surface area contributed by atoms with E-state index in [2.05, 4.69) is 14.8 Å². The molecule has 2 aromatic rings. The molecule has 0 saturated heterocycles. The largest absolute Gasteiger partial charge is 0.435 e. The highest BCUT2D eigenvalue weighted by atomic mass is 19.4. The normalized spacial score (nSPS) is 11.9. The van der Waals surface area contributed by atoms with E-state index < -0.39 is 30.0 Å². The molecule has 20 heavy (non-hydrogen) atoms. The van der Waals surface area contributed by atoms with Crippen molar-refractivity contribution in [3.63, 3.8) is 0 Å². The lowest BCUT2D eigenvalue weighted by Gasteiger charge is -2.11. The van der Waals surface area contributed by atoms with E-state index in [4.69, 9.17) is 5.73 Å². The van der Waals surface area contributed by atoms with Gasteiger partial charge < -0.3 is 10.5 Å². The molecule has 0 fully saturated rings. The lowest BCUT2D eigenvalue weighted by atomic mass is 10.3. The molecule has 0 aliphatic carbocycles. The fourth-order valence-electron chi connectivity index (χ4n) is 1.50. The van der Waals surface area contributed by atoms with Crippen molar-refractivity contribution in [1.29, 1.82) is 0 Å². The maximum Gasteiger partial charge on any atom is 0.435 e. The fraction of sp³-hybridized carbons (Fsp3) is 0.200. The second kappa shape index (κ2) is 4.94. The average Bonchev–Trinajstić information content (AvgIpc) is 2.70. The molecule has 0 aliphatic rings. The van der Waals surface area contributed by atoms with Crippen molar-refractivity contribution >= 4 is 5.69 Å². The van der Waals surface area contributed by atoms with Gasteiger partial charge in [-0.25, -0.2) is 4.68 Å². The van der Waals surface area contributed by atoms with Crippen molar-refractivity contribution in [3.05, 3.63) is 30.1 Å². The van der Waals surface area contributed by atoms with Gasteiger partial charge in [0.1, 0.15) is 0 Å². The van der Waals surface area contributed by atoms with Crippen LogP contribution >= 0.6 is 0 Å². The van der Waals surface area contributed by atoms with Gasteiger partial charge in [0.25, 0.3) is 0 Å². The fourth-order valence-corrected chi connectivity index (χ4v) is 1.50. The minimum Gasteiger partial charge on any atom is -0.417 e. The molecule has 0 aliphatic heterocycles. The number of rotatable bonds is 3. The van der Waals surface area contributed by atoms with Crippen molar-refractivity contribution in [1.82, 2.24) is 14.8 Å². The van der Waals surface area contributed by atoms with Crippen molar-refractivity contribution in [2.75, 3.05) is 5.73 Å². The van der Waals surface area contributed by atoms with Gasteiger partial charge in [0.15, 0.2) is 11.5 Å². The Bertz CT molecular complexity index is 610. The Hall–Kier alpha value is -2.39. The summed E-state index contributed by atoms with van der Waals surface area (Å²) in [6.45, 7) is -3.14. The molecule has 2 aromatic heterocycles. The number of hydrogen-bond donors (Lipinski definition) is 1. The molecule has 2 rings (SSSR count). The molecule has 0 saturated carbocycles. The molecule has 0 atom stereocenters. The van der Waals surface area contributed by atoms with E-state index in [1.54, 1.807) is 0 Å². The molecule has 2 heterocycles. The van der Waals surface area contributed by atoms with E-state index in [1.807, 2.05) is 0 Å². The molecule has 10 heteroatoms. The number of aromatic nitrogens is 3. The molecule has 0 radical (unpaired) electrons. The van der Waals surface area contributed by atoms with E-state index in [0.717, 1.165) is 18.3 Å². The smallest absolute Gasteiger partial charge is 0.417 e. The maximum atomic E-state index is 12.8. The zero-order valence-electron chi connectivity index (χ0n) is 9.60. The third kappa shape index (κ3) is 2.78. The topological polar surface area (TPSA) is 66.0 Å². The molecular formula is C10H7F5N4O. The summed E-state index contributed by atoms with van der Waals surface area (Å²) in [4.78, 5) is 3.51. The molecule has 5 nitrogen and oxygen atoms in total. The van der Waals surface area contributed by atoms with Gasteiger partial charge in [-0.05, 0) is 6.07 Å². The summed E-state index contributed by atoms with van der Waals surface area (Å²) < 4.78 is 67.0. The van der Waals surface area contributed by atoms with Crippen molar-refractivity contribution < 1.29 is 26.7 Å². The second-order valence-corrected chi connectivity index (χ2v) is 3.57. The quantitative estimate of drug-likeness (QED) is 0.883. The molecule has 2 N–H and O–H groups in total. The van der Waals surface area contributed by atoms with Crippen LogP contribution in [-0.4, -0.2) is 21.4 Å². The van der Waals surface area contributed by atoms with Gasteiger partial charge in [-0.2, -0.15) is 32.0 Å². The Morgan fingerprint density at radius 2 is 1.95 bits per heavy atom. The molecule has 0 unspecified atom stereocenters. The number of halogens is 5. The molecule has 0 amide bonds. The predicted octanol–water partition coefficient (Wildman–Crippen LogP) is 2.47. The van der Waals surface area contributed by atoms with E-state index in [0.29, 0.717) is 4.68 Å². The number of nitrogens with zero attached hydrogens (tertiary/aromatic N) is 3. The molecule has 0 bridgehead atoms. The van der Waals surface area contributed by atoms with Gasteiger partial charge in [0.2, 0.25) is 5.88 Å². The van der Waals surface area contributed by atoms with Crippen LogP contribution in [0.5, 0.6) is 5.88 Å². The Labute approximate surface area is 108 Å². The number of alkyl halides is 5. The van der Waals surface area contributed by atoms with Crippen molar-refractivity contribution in [3.8, 4) is 11.7 Å². The van der Waals surface area contributed by atoms with Gasteiger partial charge in [0, 0.05) is 6.07 Å². The number of ether oxygens (including phenoxy) is 1. The first-order valence-electron chi connectivity index (χ1n) is 5.12. The first kappa shape index (κ1) is 14.0. The molecule has 0 spiro atoms. The van der Waals surface area contributed by atoms with E-state index in [-0.39, 0.29) is 5.82 Å². The van der Waals surface area contributed by atoms with Crippen LogP contribution in [0.15, 0.2) is 24.4 Å². The number of anilines is 1. The van der Waals surface area contributed by atoms with Crippen LogP contribution in [-0.2, 0) is 6.18 Å². The van der Waals surface area contributed by atoms with Crippen LogP contribution in [0.1, 0.15) is 5.69 Å². The third-order valence-corrected chi connectivity index (χ3v) is 2.20. The van der Waals surface area contributed by atoms with Crippen molar-refractivity contribution in [2.24, 2.45) is 0 Å². The molecule has 108 valence electrons. The average molecular weight is 294 g/mol. The summed E-state index contributed by atoms with van der Waals surface area (Å²) in [7, 11) is 0. The van der Waals surface area contributed by atoms with Gasteiger partial charge in [-0.15, -0.1) is 0 Å². The van der Waals surface area contributed by atoms with Crippen LogP contribution in [0.4, 0.5) is 27.6 Å². The summed E-state index contributed by atoms with van der Waals surface area (Å²) in [6, 6.07) is 3.44. The number of pyridine rings is 1. The van der Waals surface area contributed by atoms with Gasteiger partial charge in [0.05, 0.1) is 11.9 Å². The first-order valence-corrected chi connectivity index (χ1v) is 5.12. The Morgan fingerprint density at radius 3 is 2.55 bits per heavy atom. The zero-order valence-corrected chi connectivity index (χ0v) is 9.60. The minimum atomic E-state index is -4.76. The third-order valence-electron chi connectivity index (χ3n) is 2.20. The number of nitrogens with two attached hydrogens (primary N) is 1. The highest BCUT2D eigenvalue weighted by molar-refractivity contribution is 5.46. The van der Waals surface area contributed by atoms with Crippen LogP contribution in [0.3, 0.4) is 0 Å². The Balaban J connectivity index is 2.47. The summed E-state index contributed by atoms with van der Waals surface area (Å²) >= 11 is 0. The summed E-state index contributed by atoms with van der Waals surface area (Å²) in [5, 5.41) is 3.44. The second-order valence-electron chi connectivity index (χ2n) is 3.57. The SMILES string of the molecule is Nc1cnn(-c2cccc(OC(F)F)n2)c1C(F)(F)F. The summed E-state index contributed by atoms with van der Waals surface area (Å²) in [5.41, 5.74) is 3.37. The van der Waals surface area contributed by atoms with Crippen LogP contribution < -0.4 is 10.5 Å². The number of hydrogen-bond acceptors (Lipinski definition) is 4. The Kier molecular flexibility index (Phi) is 3.47. The van der Waals surface area contributed by atoms with Crippen LogP contribution in [0, 0.1) is 0 Å². The summed E-state index contributed by atoms with van der Waals surface area (Å²) in [6.07, 6.45) is -3.97. The highest BCUT2D eigenvalue weighted by Gasteiger charge is 2.38. The van der Waals surface area contributed by atoms with E-state index >= 15 is 0 Å². The van der Waals surface area contributed by atoms with Crippen LogP contribution in [0.2, 0.25) is 0 Å². The summed E-state index contributed by atoms with van der Waals surface area (Å²) in [5.74, 6) is -0.869. The van der Waals surface area contributed by atoms with Crippen molar-refractivity contribution in [2.45, 2.75) is 12.8 Å². The zero-order chi connectivity index (χ0) is 14.9. The van der Waals surface area contributed by atoms with Gasteiger partial charge >= 0.3 is 12.8 Å². The lowest BCUT2D eigenvalue weighted by Crippen LogP contribution is -2.16. The van der Waals surface area contributed by atoms with E-state index in [1.165, 1.54) is 6.07 Å². The highest BCUT2D eigenvalue weighted by Crippen LogP contribution is 2.34. The molecular weight excluding hydrogens is 287 g/mol. The van der Waals surface area contributed by atoms with Crippen LogP contribution in [0.25, 0.3) is 5.82 Å².